The summed E-state index contributed by atoms with van der Waals surface area (Å²) in [6, 6.07) is 9.11. The number of sulfonamides is 1. The second kappa shape index (κ2) is 7.35. The quantitative estimate of drug-likeness (QED) is 0.779. The van der Waals surface area contributed by atoms with E-state index in [1.165, 1.54) is 30.5 Å². The fraction of sp³-hybridized carbons (Fsp3) is 0.143. The standard InChI is InChI=1S/C14H14ClN3O3S/c15-12-3-5-13(6-4-12)22(20,21)18-9-8-17-14(19)11-2-1-7-16-10-11/h1-7,10,18H,8-9H2,(H,17,19). The summed E-state index contributed by atoms with van der Waals surface area (Å²) in [5, 5.41) is 3.07. The highest BCUT2D eigenvalue weighted by Crippen LogP contribution is 2.13. The Labute approximate surface area is 133 Å². The predicted octanol–water partition coefficient (Wildman–Crippen LogP) is 1.44. The molecule has 1 amide bonds. The molecule has 2 rings (SSSR count). The Morgan fingerprint density at radius 3 is 2.50 bits per heavy atom. The van der Waals surface area contributed by atoms with Crippen molar-refractivity contribution in [1.29, 1.82) is 0 Å². The van der Waals surface area contributed by atoms with E-state index in [0.717, 1.165) is 0 Å². The van der Waals surface area contributed by atoms with Crippen molar-refractivity contribution >= 4 is 27.5 Å². The van der Waals surface area contributed by atoms with Gasteiger partial charge in [-0.3, -0.25) is 9.78 Å². The highest BCUT2D eigenvalue weighted by Gasteiger charge is 2.13. The Kier molecular flexibility index (Phi) is 5.48. The summed E-state index contributed by atoms with van der Waals surface area (Å²) in [6.45, 7) is 0.248. The first-order valence-electron chi connectivity index (χ1n) is 6.42. The van der Waals surface area contributed by atoms with Gasteiger partial charge in [-0.2, -0.15) is 0 Å². The van der Waals surface area contributed by atoms with E-state index in [0.29, 0.717) is 10.6 Å². The first-order valence-corrected chi connectivity index (χ1v) is 8.28. The summed E-state index contributed by atoms with van der Waals surface area (Å²) < 4.78 is 26.4. The number of hydrogen-bond donors (Lipinski definition) is 2. The van der Waals surface area contributed by atoms with Crippen LogP contribution in [0.5, 0.6) is 0 Å². The number of carbonyl (C=O) groups is 1. The number of benzene rings is 1. The van der Waals surface area contributed by atoms with Crippen LogP contribution in [0.2, 0.25) is 5.02 Å². The zero-order valence-electron chi connectivity index (χ0n) is 11.5. The minimum Gasteiger partial charge on any atom is -0.351 e. The predicted molar refractivity (Wildman–Crippen MR) is 83.2 cm³/mol. The molecule has 22 heavy (non-hydrogen) atoms. The van der Waals surface area contributed by atoms with Crippen LogP contribution in [0, 0.1) is 0 Å². The molecule has 0 atom stereocenters. The molecular formula is C14H14ClN3O3S. The average Bonchev–Trinajstić information content (AvgIpc) is 2.52. The number of nitrogens with zero attached hydrogens (tertiary/aromatic N) is 1. The summed E-state index contributed by atoms with van der Waals surface area (Å²) in [6.07, 6.45) is 3.00. The van der Waals surface area contributed by atoms with Crippen molar-refractivity contribution in [3.63, 3.8) is 0 Å². The number of halogens is 1. The van der Waals surface area contributed by atoms with E-state index in [-0.39, 0.29) is 23.9 Å². The number of amides is 1. The van der Waals surface area contributed by atoms with Crippen molar-refractivity contribution < 1.29 is 13.2 Å². The fourth-order valence-electron chi connectivity index (χ4n) is 1.66. The van der Waals surface area contributed by atoms with Crippen LogP contribution in [0.15, 0.2) is 53.7 Å². The summed E-state index contributed by atoms with van der Waals surface area (Å²) >= 11 is 5.71. The number of pyridine rings is 1. The number of rotatable bonds is 6. The van der Waals surface area contributed by atoms with Crippen molar-refractivity contribution in [2.45, 2.75) is 4.90 Å². The molecule has 2 aromatic rings. The molecule has 2 N–H and O–H groups in total. The molecule has 0 aliphatic heterocycles. The van der Waals surface area contributed by atoms with Crippen LogP contribution in [-0.2, 0) is 10.0 Å². The average molecular weight is 340 g/mol. The maximum Gasteiger partial charge on any atom is 0.252 e. The number of nitrogens with one attached hydrogen (secondary N) is 2. The van der Waals surface area contributed by atoms with Gasteiger partial charge in [0.1, 0.15) is 0 Å². The van der Waals surface area contributed by atoms with Gasteiger partial charge in [-0.1, -0.05) is 11.6 Å². The summed E-state index contributed by atoms with van der Waals surface area (Å²) in [5.74, 6) is -0.307. The summed E-state index contributed by atoms with van der Waals surface area (Å²) in [7, 11) is -3.61. The van der Waals surface area contributed by atoms with Gasteiger partial charge in [-0.15, -0.1) is 0 Å². The molecule has 1 aromatic carbocycles. The lowest BCUT2D eigenvalue weighted by molar-refractivity contribution is 0.0954. The normalized spacial score (nSPS) is 11.1. The first-order chi connectivity index (χ1) is 10.5. The molecular weight excluding hydrogens is 326 g/mol. The van der Waals surface area contributed by atoms with E-state index in [1.54, 1.807) is 18.3 Å². The van der Waals surface area contributed by atoms with Gasteiger partial charge in [0.15, 0.2) is 0 Å². The molecule has 1 aromatic heterocycles. The summed E-state index contributed by atoms with van der Waals surface area (Å²) in [5.41, 5.74) is 0.419. The zero-order valence-corrected chi connectivity index (χ0v) is 13.1. The SMILES string of the molecule is O=C(NCCNS(=O)(=O)c1ccc(Cl)cc1)c1cccnc1. The lowest BCUT2D eigenvalue weighted by Crippen LogP contribution is -2.34. The molecule has 1 heterocycles. The number of carbonyl (C=O) groups excluding carboxylic acids is 1. The number of aromatic nitrogens is 1. The second-order valence-electron chi connectivity index (χ2n) is 4.35. The molecule has 0 spiro atoms. The fourth-order valence-corrected chi connectivity index (χ4v) is 2.82. The van der Waals surface area contributed by atoms with E-state index in [1.807, 2.05) is 0 Å². The second-order valence-corrected chi connectivity index (χ2v) is 6.55. The Hall–Kier alpha value is -1.96. The molecule has 0 radical (unpaired) electrons. The van der Waals surface area contributed by atoms with Crippen molar-refractivity contribution in [2.24, 2.45) is 0 Å². The van der Waals surface area contributed by atoms with Crippen molar-refractivity contribution in [1.82, 2.24) is 15.0 Å². The topological polar surface area (TPSA) is 88.2 Å². The van der Waals surface area contributed by atoms with E-state index < -0.39 is 10.0 Å². The molecule has 6 nitrogen and oxygen atoms in total. The van der Waals surface area contributed by atoms with E-state index in [9.17, 15) is 13.2 Å². The van der Waals surface area contributed by atoms with Crippen molar-refractivity contribution in [3.8, 4) is 0 Å². The first kappa shape index (κ1) is 16.4. The maximum absolute atomic E-state index is 12.0. The maximum atomic E-state index is 12.0. The molecule has 116 valence electrons. The van der Waals surface area contributed by atoms with Gasteiger partial charge < -0.3 is 5.32 Å². The van der Waals surface area contributed by atoms with Crippen LogP contribution in [0.3, 0.4) is 0 Å². The van der Waals surface area contributed by atoms with Gasteiger partial charge in [-0.05, 0) is 36.4 Å². The van der Waals surface area contributed by atoms with Gasteiger partial charge in [0.05, 0.1) is 10.5 Å². The third kappa shape index (κ3) is 4.52. The summed E-state index contributed by atoms with van der Waals surface area (Å²) in [4.78, 5) is 15.7. The zero-order chi connectivity index (χ0) is 16.0. The van der Waals surface area contributed by atoms with Gasteiger partial charge in [-0.25, -0.2) is 13.1 Å². The van der Waals surface area contributed by atoms with Gasteiger partial charge in [0, 0.05) is 30.5 Å². The Bertz CT molecular complexity index is 734. The minimum absolute atomic E-state index is 0.0803. The third-order valence-electron chi connectivity index (χ3n) is 2.75. The van der Waals surface area contributed by atoms with Gasteiger partial charge in [0.25, 0.3) is 5.91 Å². The Morgan fingerprint density at radius 1 is 1.14 bits per heavy atom. The molecule has 8 heteroatoms. The third-order valence-corrected chi connectivity index (χ3v) is 4.48. The van der Waals surface area contributed by atoms with E-state index in [2.05, 4.69) is 15.0 Å². The van der Waals surface area contributed by atoms with Crippen LogP contribution in [0.1, 0.15) is 10.4 Å². The molecule has 0 aliphatic rings. The molecule has 0 bridgehead atoms. The molecule has 0 aliphatic carbocycles. The van der Waals surface area contributed by atoms with Crippen LogP contribution in [-0.4, -0.2) is 32.4 Å². The van der Waals surface area contributed by atoms with Crippen molar-refractivity contribution in [2.75, 3.05) is 13.1 Å². The highest BCUT2D eigenvalue weighted by atomic mass is 35.5. The lowest BCUT2D eigenvalue weighted by Gasteiger charge is -2.08. The molecule has 0 saturated heterocycles. The molecule has 0 unspecified atom stereocenters. The monoisotopic (exact) mass is 339 g/mol. The highest BCUT2D eigenvalue weighted by molar-refractivity contribution is 7.89. The van der Waals surface area contributed by atoms with Gasteiger partial charge in [0.2, 0.25) is 10.0 Å². The van der Waals surface area contributed by atoms with Crippen LogP contribution in [0.25, 0.3) is 0 Å². The minimum atomic E-state index is -3.61. The van der Waals surface area contributed by atoms with Crippen LogP contribution < -0.4 is 10.0 Å². The van der Waals surface area contributed by atoms with E-state index in [4.69, 9.17) is 11.6 Å². The molecule has 0 fully saturated rings. The lowest BCUT2D eigenvalue weighted by atomic mass is 10.3. The van der Waals surface area contributed by atoms with Crippen LogP contribution >= 0.6 is 11.6 Å². The molecule has 0 saturated carbocycles. The smallest absolute Gasteiger partial charge is 0.252 e. The van der Waals surface area contributed by atoms with E-state index >= 15 is 0 Å². The van der Waals surface area contributed by atoms with Crippen molar-refractivity contribution in [3.05, 3.63) is 59.4 Å². The van der Waals surface area contributed by atoms with Crippen LogP contribution in [0.4, 0.5) is 0 Å². The number of hydrogen-bond acceptors (Lipinski definition) is 4. The Morgan fingerprint density at radius 2 is 1.86 bits per heavy atom. The largest absolute Gasteiger partial charge is 0.351 e. The Balaban J connectivity index is 1.83. The van der Waals surface area contributed by atoms with Gasteiger partial charge >= 0.3 is 0 Å².